The molecule has 2 aliphatic rings. The summed E-state index contributed by atoms with van der Waals surface area (Å²) in [7, 11) is 0. The fourth-order valence-electron chi connectivity index (χ4n) is 4.96. The van der Waals surface area contributed by atoms with E-state index in [2.05, 4.69) is 12.2 Å². The Morgan fingerprint density at radius 2 is 2.09 bits per heavy atom. The molecule has 0 saturated carbocycles. The van der Waals surface area contributed by atoms with Gasteiger partial charge in [0.15, 0.2) is 0 Å². The number of hydrogen-bond acceptors (Lipinski definition) is 5. The number of ketones is 1. The number of allylic oxidation sites excluding steroid dienone is 2. The Balaban J connectivity index is 1.66. The number of benzene rings is 1. The largest absolute Gasteiger partial charge is 0.508 e. The van der Waals surface area contributed by atoms with Crippen molar-refractivity contribution in [2.45, 2.75) is 77.0 Å². The van der Waals surface area contributed by atoms with E-state index in [1.165, 1.54) is 0 Å². The molecule has 1 aromatic heterocycles. The molecule has 1 fully saturated rings. The SMILES string of the molecule is CCC(=O)CCCC1C=CCc2c(nc(C3CCCCOCC3)nc2-c2cccc(O)c2)C1. The lowest BCUT2D eigenvalue weighted by Gasteiger charge is -2.22. The molecular weight excluding hydrogens is 412 g/mol. The smallest absolute Gasteiger partial charge is 0.132 e. The van der Waals surface area contributed by atoms with Crippen LogP contribution in [0.15, 0.2) is 36.4 Å². The van der Waals surface area contributed by atoms with Crippen molar-refractivity contribution in [3.05, 3.63) is 53.5 Å². The summed E-state index contributed by atoms with van der Waals surface area (Å²) in [6.45, 7) is 3.54. The van der Waals surface area contributed by atoms with Gasteiger partial charge in [-0.3, -0.25) is 4.79 Å². The zero-order valence-electron chi connectivity index (χ0n) is 19.8. The monoisotopic (exact) mass is 448 g/mol. The summed E-state index contributed by atoms with van der Waals surface area (Å²) in [6, 6.07) is 7.40. The number of carbonyl (C=O) groups is 1. The topological polar surface area (TPSA) is 72.3 Å². The molecule has 5 heteroatoms. The van der Waals surface area contributed by atoms with Crippen LogP contribution >= 0.6 is 0 Å². The van der Waals surface area contributed by atoms with Crippen LogP contribution in [0.25, 0.3) is 11.3 Å². The molecule has 4 rings (SSSR count). The summed E-state index contributed by atoms with van der Waals surface area (Å²) in [5.41, 5.74) is 4.17. The lowest BCUT2D eigenvalue weighted by molar-refractivity contribution is -0.118. The summed E-state index contributed by atoms with van der Waals surface area (Å²) in [5.74, 6) is 2.19. The molecule has 0 bridgehead atoms. The van der Waals surface area contributed by atoms with Crippen LogP contribution in [0.5, 0.6) is 5.75 Å². The lowest BCUT2D eigenvalue weighted by atomic mass is 9.92. The minimum atomic E-state index is 0.253. The molecule has 1 aliphatic carbocycles. The van der Waals surface area contributed by atoms with Crippen molar-refractivity contribution in [1.29, 1.82) is 0 Å². The maximum Gasteiger partial charge on any atom is 0.132 e. The Morgan fingerprint density at radius 3 is 2.94 bits per heavy atom. The van der Waals surface area contributed by atoms with Crippen LogP contribution < -0.4 is 0 Å². The molecule has 1 aliphatic heterocycles. The minimum Gasteiger partial charge on any atom is -0.508 e. The van der Waals surface area contributed by atoms with E-state index in [0.717, 1.165) is 92.9 Å². The van der Waals surface area contributed by atoms with Gasteiger partial charge in [-0.15, -0.1) is 0 Å². The number of rotatable bonds is 7. The highest BCUT2D eigenvalue weighted by atomic mass is 16.5. The lowest BCUT2D eigenvalue weighted by Crippen LogP contribution is -2.16. The van der Waals surface area contributed by atoms with E-state index in [9.17, 15) is 9.90 Å². The second kappa shape index (κ2) is 11.6. The molecule has 2 heterocycles. The molecule has 0 spiro atoms. The Bertz CT molecular complexity index is 977. The number of carbonyl (C=O) groups excluding carboxylic acids is 1. The van der Waals surface area contributed by atoms with E-state index < -0.39 is 0 Å². The highest BCUT2D eigenvalue weighted by molar-refractivity contribution is 5.77. The van der Waals surface area contributed by atoms with Crippen LogP contribution in [0, 0.1) is 5.92 Å². The second-order valence-corrected chi connectivity index (χ2v) is 9.38. The third-order valence-corrected chi connectivity index (χ3v) is 6.91. The highest BCUT2D eigenvalue weighted by Crippen LogP contribution is 2.34. The number of phenolic OH excluding ortho intramolecular Hbond substituents is 1. The van der Waals surface area contributed by atoms with Gasteiger partial charge >= 0.3 is 0 Å². The molecule has 0 radical (unpaired) electrons. The molecule has 0 amide bonds. The van der Waals surface area contributed by atoms with E-state index in [-0.39, 0.29) is 5.75 Å². The molecular formula is C28H36N2O3. The Morgan fingerprint density at radius 1 is 1.18 bits per heavy atom. The first-order valence-electron chi connectivity index (χ1n) is 12.6. The molecule has 1 saturated heterocycles. The summed E-state index contributed by atoms with van der Waals surface area (Å²) >= 11 is 0. The van der Waals surface area contributed by atoms with Crippen molar-refractivity contribution in [2.24, 2.45) is 5.92 Å². The van der Waals surface area contributed by atoms with Gasteiger partial charge in [-0.05, 0) is 63.0 Å². The average molecular weight is 449 g/mol. The summed E-state index contributed by atoms with van der Waals surface area (Å²) < 4.78 is 5.75. The van der Waals surface area contributed by atoms with Crippen molar-refractivity contribution < 1.29 is 14.6 Å². The van der Waals surface area contributed by atoms with Crippen molar-refractivity contribution in [1.82, 2.24) is 9.97 Å². The first-order valence-corrected chi connectivity index (χ1v) is 12.6. The van der Waals surface area contributed by atoms with Gasteiger partial charge in [-0.25, -0.2) is 9.97 Å². The van der Waals surface area contributed by atoms with Crippen LogP contribution in [0.4, 0.5) is 0 Å². The molecule has 1 N–H and O–H groups in total. The number of Topliss-reactive ketones (excluding diaryl/α,β-unsaturated/α-hetero) is 1. The van der Waals surface area contributed by atoms with Crippen LogP contribution in [-0.2, 0) is 22.4 Å². The summed E-state index contributed by atoms with van der Waals surface area (Å²) in [4.78, 5) is 22.0. The third kappa shape index (κ3) is 6.29. The predicted octanol–water partition coefficient (Wildman–Crippen LogP) is 5.94. The van der Waals surface area contributed by atoms with Crippen molar-refractivity contribution in [2.75, 3.05) is 13.2 Å². The number of ether oxygens (including phenoxy) is 1. The van der Waals surface area contributed by atoms with Crippen molar-refractivity contribution in [3.63, 3.8) is 0 Å². The van der Waals surface area contributed by atoms with Crippen LogP contribution in [0.3, 0.4) is 0 Å². The summed E-state index contributed by atoms with van der Waals surface area (Å²) in [6.07, 6.45) is 13.7. The number of aromatic nitrogens is 2. The van der Waals surface area contributed by atoms with E-state index in [1.807, 2.05) is 19.1 Å². The Labute approximate surface area is 197 Å². The van der Waals surface area contributed by atoms with E-state index >= 15 is 0 Å². The highest BCUT2D eigenvalue weighted by Gasteiger charge is 2.24. The number of aromatic hydroxyl groups is 1. The third-order valence-electron chi connectivity index (χ3n) is 6.91. The molecule has 5 nitrogen and oxygen atoms in total. The number of hydrogen-bond donors (Lipinski definition) is 1. The zero-order valence-corrected chi connectivity index (χ0v) is 19.8. The molecule has 2 aromatic rings. The molecule has 2 atom stereocenters. The van der Waals surface area contributed by atoms with Gasteiger partial charge in [0.25, 0.3) is 0 Å². The van der Waals surface area contributed by atoms with Gasteiger partial charge in [0, 0.05) is 48.8 Å². The number of fused-ring (bicyclic) bond motifs is 1. The maximum absolute atomic E-state index is 11.8. The average Bonchev–Trinajstić information content (AvgIpc) is 3.00. The van der Waals surface area contributed by atoms with Gasteiger partial charge in [0.1, 0.15) is 17.4 Å². The molecule has 176 valence electrons. The molecule has 1 aromatic carbocycles. The quantitative estimate of drug-likeness (QED) is 0.530. The van der Waals surface area contributed by atoms with E-state index in [0.29, 0.717) is 30.5 Å². The maximum atomic E-state index is 11.8. The number of phenols is 1. The van der Waals surface area contributed by atoms with Crippen LogP contribution in [0.2, 0.25) is 0 Å². The van der Waals surface area contributed by atoms with Crippen molar-refractivity contribution >= 4 is 5.78 Å². The van der Waals surface area contributed by atoms with Gasteiger partial charge in [0.05, 0.1) is 5.69 Å². The minimum absolute atomic E-state index is 0.253. The fourth-order valence-corrected chi connectivity index (χ4v) is 4.96. The molecule has 33 heavy (non-hydrogen) atoms. The van der Waals surface area contributed by atoms with E-state index in [1.54, 1.807) is 12.1 Å². The fraction of sp³-hybridized carbons (Fsp3) is 0.536. The van der Waals surface area contributed by atoms with Gasteiger partial charge in [0.2, 0.25) is 0 Å². The standard InChI is InChI=1S/C28H36N2O3/c1-2-23(31)12-5-8-20-9-6-14-25-26(18-20)29-28(21-10-3-4-16-33-17-15-21)30-27(25)22-11-7-13-24(32)19-22/h6-7,9,11,13,19-21,32H,2-5,8,10,12,14-18H2,1H3. The van der Waals surface area contributed by atoms with Crippen molar-refractivity contribution in [3.8, 4) is 17.0 Å². The Hall–Kier alpha value is -2.53. The predicted molar refractivity (Wildman–Crippen MR) is 130 cm³/mol. The van der Waals surface area contributed by atoms with Crippen LogP contribution in [-0.4, -0.2) is 34.1 Å². The van der Waals surface area contributed by atoms with E-state index in [4.69, 9.17) is 14.7 Å². The Kier molecular flexibility index (Phi) is 8.27. The summed E-state index contributed by atoms with van der Waals surface area (Å²) in [5, 5.41) is 10.1. The second-order valence-electron chi connectivity index (χ2n) is 9.38. The van der Waals surface area contributed by atoms with Crippen LogP contribution in [0.1, 0.15) is 81.3 Å². The first kappa shape index (κ1) is 23.6. The molecule has 2 unspecified atom stereocenters. The first-order chi connectivity index (χ1) is 16.1. The number of nitrogens with zero attached hydrogens (tertiary/aromatic N) is 2. The zero-order chi connectivity index (χ0) is 23.0. The van der Waals surface area contributed by atoms with Gasteiger partial charge in [-0.2, -0.15) is 0 Å². The normalized spacial score (nSPS) is 21.0. The van der Waals surface area contributed by atoms with Gasteiger partial charge < -0.3 is 9.84 Å². The van der Waals surface area contributed by atoms with Gasteiger partial charge in [-0.1, -0.05) is 37.6 Å².